The number of thiazole rings is 1. The summed E-state index contributed by atoms with van der Waals surface area (Å²) in [6.07, 6.45) is 1.66. The molecular formula is C19H17ClN2O3S. The van der Waals surface area contributed by atoms with E-state index in [2.05, 4.69) is 10.3 Å². The number of aromatic nitrogens is 1. The highest BCUT2D eigenvalue weighted by molar-refractivity contribution is 7.15. The Kier molecular flexibility index (Phi) is 5.75. The van der Waals surface area contributed by atoms with Crippen LogP contribution in [0.4, 0.5) is 5.69 Å². The molecule has 26 heavy (non-hydrogen) atoms. The number of rotatable bonds is 7. The van der Waals surface area contributed by atoms with E-state index in [1.165, 1.54) is 18.3 Å². The number of anilines is 1. The van der Waals surface area contributed by atoms with Crippen LogP contribution >= 0.6 is 22.9 Å². The van der Waals surface area contributed by atoms with Crippen LogP contribution in [0.15, 0.2) is 48.7 Å². The van der Waals surface area contributed by atoms with Gasteiger partial charge in [0.2, 0.25) is 0 Å². The van der Waals surface area contributed by atoms with Crippen LogP contribution in [-0.2, 0) is 13.2 Å². The van der Waals surface area contributed by atoms with E-state index in [9.17, 15) is 9.90 Å². The van der Waals surface area contributed by atoms with E-state index in [1.54, 1.807) is 18.3 Å². The quantitative estimate of drug-likeness (QED) is 0.445. The van der Waals surface area contributed by atoms with Gasteiger partial charge in [0.25, 0.3) is 0 Å². The molecule has 0 amide bonds. The molecule has 3 aromatic rings. The Bertz CT molecular complexity index is 912. The lowest BCUT2D eigenvalue weighted by Crippen LogP contribution is -2.05. The third-order valence-electron chi connectivity index (χ3n) is 3.72. The summed E-state index contributed by atoms with van der Waals surface area (Å²) >= 11 is 7.19. The van der Waals surface area contributed by atoms with Crippen LogP contribution < -0.4 is 10.1 Å². The van der Waals surface area contributed by atoms with Gasteiger partial charge in [-0.1, -0.05) is 41.9 Å². The van der Waals surface area contributed by atoms with Gasteiger partial charge in [-0.05, 0) is 24.6 Å². The summed E-state index contributed by atoms with van der Waals surface area (Å²) in [7, 11) is 0. The molecule has 5 nitrogen and oxygen atoms in total. The number of phenolic OH excluding ortho intramolecular Hbond substituents is 1. The van der Waals surface area contributed by atoms with Gasteiger partial charge in [0, 0.05) is 11.1 Å². The van der Waals surface area contributed by atoms with Crippen LogP contribution in [0, 0.1) is 0 Å². The summed E-state index contributed by atoms with van der Waals surface area (Å²) < 4.78 is 6.31. The van der Waals surface area contributed by atoms with E-state index in [4.69, 9.17) is 16.3 Å². The molecule has 0 aliphatic rings. The maximum absolute atomic E-state index is 11.7. The zero-order chi connectivity index (χ0) is 18.5. The number of aromatic hydroxyl groups is 1. The molecular weight excluding hydrogens is 372 g/mol. The largest absolute Gasteiger partial charge is 0.505 e. The van der Waals surface area contributed by atoms with Crippen LogP contribution in [0.2, 0.25) is 4.47 Å². The first-order valence-electron chi connectivity index (χ1n) is 7.92. The van der Waals surface area contributed by atoms with E-state index in [0.717, 1.165) is 10.4 Å². The molecule has 2 N–H and O–H groups in total. The highest BCUT2D eigenvalue weighted by Gasteiger charge is 2.17. The molecule has 2 aromatic carbocycles. The molecule has 0 saturated carbocycles. The van der Waals surface area contributed by atoms with Crippen LogP contribution in [0.25, 0.3) is 0 Å². The number of hydrogen-bond donors (Lipinski definition) is 2. The van der Waals surface area contributed by atoms with E-state index in [1.807, 2.05) is 30.3 Å². The highest BCUT2D eigenvalue weighted by Crippen LogP contribution is 2.38. The summed E-state index contributed by atoms with van der Waals surface area (Å²) in [5.41, 5.74) is 1.61. The number of ether oxygens (including phenoxy) is 1. The number of nitrogens with one attached hydrogen (secondary N) is 1. The van der Waals surface area contributed by atoms with Gasteiger partial charge in [-0.2, -0.15) is 0 Å². The summed E-state index contributed by atoms with van der Waals surface area (Å²) in [5.74, 6) is 0.117. The first-order chi connectivity index (χ1) is 12.5. The Morgan fingerprint density at radius 1 is 1.27 bits per heavy atom. The first kappa shape index (κ1) is 18.2. The van der Waals surface area contributed by atoms with Crippen molar-refractivity contribution in [1.82, 2.24) is 4.98 Å². The minimum atomic E-state index is -0.221. The summed E-state index contributed by atoms with van der Waals surface area (Å²) in [5, 5.41) is 13.6. The molecule has 0 bridgehead atoms. The normalized spacial score (nSPS) is 10.5. The number of ketones is 1. The lowest BCUT2D eigenvalue weighted by Gasteiger charge is -2.16. The van der Waals surface area contributed by atoms with Gasteiger partial charge < -0.3 is 15.2 Å². The number of phenols is 1. The van der Waals surface area contributed by atoms with Crippen LogP contribution in [0.5, 0.6) is 11.5 Å². The molecule has 0 aliphatic heterocycles. The van der Waals surface area contributed by atoms with Crippen molar-refractivity contribution in [2.24, 2.45) is 0 Å². The van der Waals surface area contributed by atoms with Crippen molar-refractivity contribution in [1.29, 1.82) is 0 Å². The van der Waals surface area contributed by atoms with Crippen LogP contribution in [0.1, 0.15) is 27.7 Å². The Balaban J connectivity index is 1.84. The fraction of sp³-hybridized carbons (Fsp3) is 0.158. The fourth-order valence-electron chi connectivity index (χ4n) is 2.42. The van der Waals surface area contributed by atoms with Crippen LogP contribution in [-0.4, -0.2) is 15.9 Å². The SMILES string of the molecule is CC(=O)c1ccc(OCc2ccccc2)c(NCc2cnc(Cl)s2)c1O. The molecule has 1 aromatic heterocycles. The number of hydrogen-bond acceptors (Lipinski definition) is 6. The molecule has 0 atom stereocenters. The molecule has 0 saturated heterocycles. The lowest BCUT2D eigenvalue weighted by molar-refractivity contribution is 0.101. The van der Waals surface area contributed by atoms with Crippen molar-refractivity contribution in [2.45, 2.75) is 20.1 Å². The van der Waals surface area contributed by atoms with Gasteiger partial charge in [-0.15, -0.1) is 11.3 Å². The third kappa shape index (κ3) is 4.33. The smallest absolute Gasteiger partial charge is 0.183 e. The molecule has 1 heterocycles. The predicted octanol–water partition coefficient (Wildman–Crippen LogP) is 4.90. The van der Waals surface area contributed by atoms with Gasteiger partial charge >= 0.3 is 0 Å². The average Bonchev–Trinajstić information content (AvgIpc) is 3.05. The maximum atomic E-state index is 11.7. The first-order valence-corrected chi connectivity index (χ1v) is 9.11. The van der Waals surface area contributed by atoms with E-state index in [0.29, 0.717) is 29.1 Å². The van der Waals surface area contributed by atoms with Gasteiger partial charge in [-0.3, -0.25) is 4.79 Å². The average molecular weight is 389 g/mol. The summed E-state index contributed by atoms with van der Waals surface area (Å²) in [4.78, 5) is 16.6. The van der Waals surface area contributed by atoms with Crippen molar-refractivity contribution in [2.75, 3.05) is 5.32 Å². The van der Waals surface area contributed by atoms with E-state index < -0.39 is 0 Å². The minimum Gasteiger partial charge on any atom is -0.505 e. The predicted molar refractivity (Wildman–Crippen MR) is 103 cm³/mol. The van der Waals surface area contributed by atoms with Crippen molar-refractivity contribution in [3.8, 4) is 11.5 Å². The molecule has 7 heteroatoms. The second-order valence-electron chi connectivity index (χ2n) is 5.60. The van der Waals surface area contributed by atoms with Gasteiger partial charge in [0.15, 0.2) is 16.0 Å². The standard InChI is InChI=1S/C19H17ClN2O3S/c1-12(23)15-7-8-16(25-11-13-5-3-2-4-6-13)17(18(15)24)21-9-14-10-22-19(20)26-14/h2-8,10,21,24H,9,11H2,1H3. The zero-order valence-electron chi connectivity index (χ0n) is 14.0. The highest BCUT2D eigenvalue weighted by atomic mass is 35.5. The zero-order valence-corrected chi connectivity index (χ0v) is 15.6. The van der Waals surface area contributed by atoms with Crippen molar-refractivity contribution >= 4 is 34.4 Å². The van der Waals surface area contributed by atoms with Crippen molar-refractivity contribution < 1.29 is 14.6 Å². The molecule has 0 unspecified atom stereocenters. The van der Waals surface area contributed by atoms with Gasteiger partial charge in [-0.25, -0.2) is 4.98 Å². The third-order valence-corrected chi connectivity index (χ3v) is 4.84. The molecule has 0 spiro atoms. The number of halogens is 1. The maximum Gasteiger partial charge on any atom is 0.183 e. The molecule has 134 valence electrons. The second kappa shape index (κ2) is 8.21. The Morgan fingerprint density at radius 2 is 2.04 bits per heavy atom. The lowest BCUT2D eigenvalue weighted by atomic mass is 10.1. The number of Topliss-reactive ketones (excluding diaryl/α,β-unsaturated/α-hetero) is 1. The Morgan fingerprint density at radius 3 is 2.69 bits per heavy atom. The molecule has 0 aliphatic carbocycles. The topological polar surface area (TPSA) is 71.5 Å². The Labute approximate surface area is 160 Å². The monoisotopic (exact) mass is 388 g/mol. The molecule has 0 radical (unpaired) electrons. The Hall–Kier alpha value is -2.57. The summed E-state index contributed by atoms with van der Waals surface area (Å²) in [6.45, 7) is 2.16. The van der Waals surface area contributed by atoms with E-state index >= 15 is 0 Å². The van der Waals surface area contributed by atoms with Gasteiger partial charge in [0.05, 0.1) is 12.1 Å². The fourth-order valence-corrected chi connectivity index (χ4v) is 3.34. The minimum absolute atomic E-state index is 0.126. The van der Waals surface area contributed by atoms with Crippen LogP contribution in [0.3, 0.4) is 0 Å². The second-order valence-corrected chi connectivity index (χ2v) is 7.30. The number of nitrogens with zero attached hydrogens (tertiary/aromatic N) is 1. The molecule has 0 fully saturated rings. The van der Waals surface area contributed by atoms with Gasteiger partial charge in [0.1, 0.15) is 18.0 Å². The number of carbonyl (C=O) groups is 1. The van der Waals surface area contributed by atoms with E-state index in [-0.39, 0.29) is 17.1 Å². The number of carbonyl (C=O) groups excluding carboxylic acids is 1. The van der Waals surface area contributed by atoms with Crippen molar-refractivity contribution in [3.63, 3.8) is 0 Å². The molecule has 3 rings (SSSR count). The number of benzene rings is 2. The van der Waals surface area contributed by atoms with Crippen molar-refractivity contribution in [3.05, 3.63) is 69.1 Å². The summed E-state index contributed by atoms with van der Waals surface area (Å²) in [6, 6.07) is 13.0.